The van der Waals surface area contributed by atoms with Crippen LogP contribution < -0.4 is 0 Å². The van der Waals surface area contributed by atoms with Gasteiger partial charge in [-0.25, -0.2) is 13.2 Å². The van der Waals surface area contributed by atoms with Crippen LogP contribution in [0.5, 0.6) is 0 Å². The first-order valence-corrected chi connectivity index (χ1v) is 3.64. The number of hydrogen-bond acceptors (Lipinski definition) is 0. The van der Waals surface area contributed by atoms with Crippen LogP contribution in [0.1, 0.15) is 5.56 Å². The second kappa shape index (κ2) is 3.26. The Kier molecular flexibility index (Phi) is 2.54. The third kappa shape index (κ3) is 1.56. The Morgan fingerprint density at radius 1 is 1.18 bits per heavy atom. The molecule has 1 rings (SSSR count). The number of benzene rings is 1. The highest BCUT2D eigenvalue weighted by Crippen LogP contribution is 2.23. The number of alkyl halides is 1. The van der Waals surface area contributed by atoms with Crippen molar-refractivity contribution < 1.29 is 13.2 Å². The van der Waals surface area contributed by atoms with E-state index >= 15 is 0 Å². The summed E-state index contributed by atoms with van der Waals surface area (Å²) in [5, 5.41) is 0. The lowest BCUT2D eigenvalue weighted by Crippen LogP contribution is -1.91. The van der Waals surface area contributed by atoms with Crippen LogP contribution in [0.4, 0.5) is 13.2 Å². The zero-order valence-corrected chi connectivity index (χ0v) is 6.96. The molecule has 1 aromatic carbocycles. The Bertz CT molecular complexity index is 273. The molecule has 0 aliphatic rings. The highest BCUT2D eigenvalue weighted by Gasteiger charge is 2.10. The highest BCUT2D eigenvalue weighted by molar-refractivity contribution is 9.10. The van der Waals surface area contributed by atoms with Gasteiger partial charge in [0.05, 0.1) is 4.47 Å². The lowest BCUT2D eigenvalue weighted by Gasteiger charge is -2.00. The molecular weight excluding hydrogens is 221 g/mol. The summed E-state index contributed by atoms with van der Waals surface area (Å²) < 4.78 is 37.0. The molecule has 0 aliphatic heterocycles. The van der Waals surface area contributed by atoms with Gasteiger partial charge in [0.2, 0.25) is 0 Å². The Morgan fingerprint density at radius 3 is 2.18 bits per heavy atom. The minimum Gasteiger partial charge on any atom is -0.246 e. The summed E-state index contributed by atoms with van der Waals surface area (Å²) >= 11 is 2.74. The number of hydrogen-bond donors (Lipinski definition) is 0. The van der Waals surface area contributed by atoms with Gasteiger partial charge < -0.3 is 0 Å². The molecule has 4 heteroatoms. The molecule has 0 saturated heterocycles. The van der Waals surface area contributed by atoms with Gasteiger partial charge in [0.25, 0.3) is 0 Å². The van der Waals surface area contributed by atoms with Gasteiger partial charge in [-0.2, -0.15) is 0 Å². The van der Waals surface area contributed by atoms with Crippen molar-refractivity contribution >= 4 is 15.9 Å². The van der Waals surface area contributed by atoms with Crippen molar-refractivity contribution in [1.29, 1.82) is 0 Å². The Balaban J connectivity index is 3.29. The van der Waals surface area contributed by atoms with Crippen molar-refractivity contribution in [2.75, 3.05) is 0 Å². The van der Waals surface area contributed by atoms with Crippen molar-refractivity contribution in [2.45, 2.75) is 6.67 Å². The third-order valence-electron chi connectivity index (χ3n) is 1.27. The van der Waals surface area contributed by atoms with E-state index in [2.05, 4.69) is 15.9 Å². The Morgan fingerprint density at radius 2 is 1.73 bits per heavy atom. The molecule has 60 valence electrons. The van der Waals surface area contributed by atoms with Gasteiger partial charge in [-0.1, -0.05) is 0 Å². The van der Waals surface area contributed by atoms with Crippen LogP contribution in [0, 0.1) is 11.6 Å². The normalized spacial score (nSPS) is 10.2. The molecule has 0 heterocycles. The fourth-order valence-corrected chi connectivity index (χ4v) is 1.12. The van der Waals surface area contributed by atoms with Gasteiger partial charge in [-0.05, 0) is 28.1 Å². The summed E-state index contributed by atoms with van der Waals surface area (Å²) in [6.07, 6.45) is 0. The van der Waals surface area contributed by atoms with Crippen LogP contribution in [-0.4, -0.2) is 0 Å². The first-order chi connectivity index (χ1) is 5.16. The molecule has 0 bridgehead atoms. The molecule has 11 heavy (non-hydrogen) atoms. The van der Waals surface area contributed by atoms with Gasteiger partial charge in [0.15, 0.2) is 0 Å². The minimum absolute atomic E-state index is 0.139. The minimum atomic E-state index is -1.01. The van der Waals surface area contributed by atoms with E-state index in [1.807, 2.05) is 0 Å². The predicted octanol–water partition coefficient (Wildman–Crippen LogP) is 3.20. The predicted molar refractivity (Wildman–Crippen MR) is 38.9 cm³/mol. The number of rotatable bonds is 1. The quantitative estimate of drug-likeness (QED) is 0.643. The van der Waals surface area contributed by atoms with Crippen LogP contribution in [0.2, 0.25) is 0 Å². The number of halogens is 4. The van der Waals surface area contributed by atoms with Crippen molar-refractivity contribution in [3.63, 3.8) is 0 Å². The van der Waals surface area contributed by atoms with Gasteiger partial charge in [0, 0.05) is 5.56 Å². The molecule has 0 N–H and O–H groups in total. The fraction of sp³-hybridized carbons (Fsp3) is 0.143. The van der Waals surface area contributed by atoms with E-state index in [4.69, 9.17) is 0 Å². The first kappa shape index (κ1) is 8.59. The van der Waals surface area contributed by atoms with Gasteiger partial charge in [0.1, 0.15) is 18.3 Å². The summed E-state index contributed by atoms with van der Waals surface area (Å²) in [5.74, 6) is -1.39. The zero-order chi connectivity index (χ0) is 8.43. The monoisotopic (exact) mass is 224 g/mol. The second-order valence-electron chi connectivity index (χ2n) is 1.96. The van der Waals surface area contributed by atoms with Crippen molar-refractivity contribution in [3.05, 3.63) is 33.8 Å². The van der Waals surface area contributed by atoms with Gasteiger partial charge in [-0.3, -0.25) is 0 Å². The Hall–Kier alpha value is -0.510. The van der Waals surface area contributed by atoms with E-state index in [0.29, 0.717) is 0 Å². The fourth-order valence-electron chi connectivity index (χ4n) is 0.692. The van der Waals surface area contributed by atoms with Crippen molar-refractivity contribution in [2.24, 2.45) is 0 Å². The molecule has 0 amide bonds. The van der Waals surface area contributed by atoms with E-state index in [-0.39, 0.29) is 10.0 Å². The van der Waals surface area contributed by atoms with Gasteiger partial charge in [-0.15, -0.1) is 0 Å². The van der Waals surface area contributed by atoms with Crippen molar-refractivity contribution in [3.8, 4) is 0 Å². The van der Waals surface area contributed by atoms with Crippen molar-refractivity contribution in [1.82, 2.24) is 0 Å². The molecule has 0 saturated carbocycles. The molecule has 0 aliphatic carbocycles. The Labute approximate surface area is 70.2 Å². The average molecular weight is 225 g/mol. The standard InChI is InChI=1S/C7H4BrF3/c8-7-4(3-9)5(10)1-2-6(7)11/h1-2H,3H2. The van der Waals surface area contributed by atoms with Crippen LogP contribution in [-0.2, 0) is 6.67 Å². The molecule has 0 atom stereocenters. The molecule has 0 nitrogen and oxygen atoms in total. The maximum absolute atomic E-state index is 12.6. The summed E-state index contributed by atoms with van der Waals surface area (Å²) in [5.41, 5.74) is -0.273. The summed E-state index contributed by atoms with van der Waals surface area (Å²) in [6.45, 7) is -1.01. The molecular formula is C7H4BrF3. The second-order valence-corrected chi connectivity index (χ2v) is 2.75. The summed E-state index contributed by atoms with van der Waals surface area (Å²) in [6, 6.07) is 1.84. The van der Waals surface area contributed by atoms with E-state index in [0.717, 1.165) is 12.1 Å². The largest absolute Gasteiger partial charge is 0.246 e. The average Bonchev–Trinajstić information content (AvgIpc) is 1.99. The first-order valence-electron chi connectivity index (χ1n) is 2.85. The van der Waals surface area contributed by atoms with Crippen LogP contribution in [0.15, 0.2) is 16.6 Å². The molecule has 1 aromatic rings. The third-order valence-corrected chi connectivity index (χ3v) is 2.13. The zero-order valence-electron chi connectivity index (χ0n) is 5.37. The van der Waals surface area contributed by atoms with Crippen LogP contribution in [0.25, 0.3) is 0 Å². The van der Waals surface area contributed by atoms with E-state index in [9.17, 15) is 13.2 Å². The van der Waals surface area contributed by atoms with E-state index in [1.165, 1.54) is 0 Å². The van der Waals surface area contributed by atoms with E-state index in [1.54, 1.807) is 0 Å². The summed E-state index contributed by atoms with van der Waals surface area (Å²) in [7, 11) is 0. The molecule has 0 radical (unpaired) electrons. The molecule has 0 spiro atoms. The smallest absolute Gasteiger partial charge is 0.137 e. The lowest BCUT2D eigenvalue weighted by atomic mass is 10.2. The van der Waals surface area contributed by atoms with Gasteiger partial charge >= 0.3 is 0 Å². The van der Waals surface area contributed by atoms with Crippen LogP contribution >= 0.6 is 15.9 Å². The van der Waals surface area contributed by atoms with Crippen LogP contribution in [0.3, 0.4) is 0 Å². The maximum atomic E-state index is 12.6. The van der Waals surface area contributed by atoms with E-state index < -0.39 is 18.3 Å². The highest BCUT2D eigenvalue weighted by atomic mass is 79.9. The molecule has 0 fully saturated rings. The SMILES string of the molecule is FCc1c(F)ccc(F)c1Br. The summed E-state index contributed by atoms with van der Waals surface area (Å²) in [4.78, 5) is 0. The molecule has 0 aromatic heterocycles. The molecule has 0 unspecified atom stereocenters. The topological polar surface area (TPSA) is 0 Å². The maximum Gasteiger partial charge on any atom is 0.137 e. The lowest BCUT2D eigenvalue weighted by molar-refractivity contribution is 0.457.